The van der Waals surface area contributed by atoms with Crippen LogP contribution < -0.4 is 10.2 Å². The lowest BCUT2D eigenvalue weighted by Gasteiger charge is -2.35. The molecule has 2 aliphatic rings. The standard InChI is InChI=1S/C21H28N4O2S/c1-3-15(2)25-20(27)18(19(26)23-21(25)28)13-22-17-9-11-24(12-10-17)14-16-7-5-4-6-8-16/h4-8,13,15,17-18H,3,9-12,14H2,1-2H3,(H,23,26,28)/p+1/t15-,18+/m1/s1. The molecule has 2 fully saturated rings. The highest BCUT2D eigenvalue weighted by Crippen LogP contribution is 2.15. The summed E-state index contributed by atoms with van der Waals surface area (Å²) in [4.78, 5) is 32.7. The first kappa shape index (κ1) is 20.6. The Morgan fingerprint density at radius 2 is 1.96 bits per heavy atom. The number of likely N-dealkylation sites (tertiary alicyclic amines) is 1. The number of rotatable bonds is 6. The number of amides is 2. The van der Waals surface area contributed by atoms with E-state index in [1.165, 1.54) is 10.5 Å². The third-order valence-corrected chi connectivity index (χ3v) is 5.97. The molecule has 0 unspecified atom stereocenters. The Labute approximate surface area is 172 Å². The van der Waals surface area contributed by atoms with E-state index in [2.05, 4.69) is 34.6 Å². The largest absolute Gasteiger partial charge is 0.331 e. The number of aliphatic imine (C=N–C) groups is 1. The van der Waals surface area contributed by atoms with Crippen molar-refractivity contribution in [2.45, 2.75) is 51.7 Å². The SMILES string of the molecule is CC[C@@H](C)N1C(=O)[C@@H](C=NC2CC[NH+](Cc3ccccc3)CC2)C(=O)NC1=S. The molecule has 2 saturated heterocycles. The van der Waals surface area contributed by atoms with Crippen molar-refractivity contribution < 1.29 is 14.5 Å². The van der Waals surface area contributed by atoms with E-state index in [0.717, 1.165) is 38.9 Å². The van der Waals surface area contributed by atoms with Crippen molar-refractivity contribution in [1.29, 1.82) is 0 Å². The molecular formula is C21H29N4O2S+. The summed E-state index contributed by atoms with van der Waals surface area (Å²) in [5, 5.41) is 2.85. The fourth-order valence-corrected chi connectivity index (χ4v) is 4.14. The first-order valence-electron chi connectivity index (χ1n) is 10.1. The minimum absolute atomic E-state index is 0.0404. The van der Waals surface area contributed by atoms with Crippen LogP contribution in [0.15, 0.2) is 35.3 Å². The second-order valence-electron chi connectivity index (χ2n) is 7.68. The first-order valence-corrected chi connectivity index (χ1v) is 10.5. The Hall–Kier alpha value is -2.12. The van der Waals surface area contributed by atoms with Crippen LogP contribution in [-0.4, -0.2) is 53.2 Å². The summed E-state index contributed by atoms with van der Waals surface area (Å²) < 4.78 is 0. The summed E-state index contributed by atoms with van der Waals surface area (Å²) in [5.41, 5.74) is 1.35. The molecular weight excluding hydrogens is 372 g/mol. The molecule has 2 N–H and O–H groups in total. The van der Waals surface area contributed by atoms with Gasteiger partial charge >= 0.3 is 0 Å². The first-order chi connectivity index (χ1) is 13.5. The smallest absolute Gasteiger partial charge is 0.247 e. The van der Waals surface area contributed by atoms with E-state index in [0.29, 0.717) is 0 Å². The zero-order valence-electron chi connectivity index (χ0n) is 16.6. The molecule has 3 rings (SSSR count). The maximum absolute atomic E-state index is 12.8. The van der Waals surface area contributed by atoms with E-state index in [-0.39, 0.29) is 29.0 Å². The molecule has 1 aromatic rings. The van der Waals surface area contributed by atoms with Crippen molar-refractivity contribution in [2.75, 3.05) is 13.1 Å². The molecule has 0 radical (unpaired) electrons. The van der Waals surface area contributed by atoms with Gasteiger partial charge < -0.3 is 10.2 Å². The highest BCUT2D eigenvalue weighted by Gasteiger charge is 2.39. The molecule has 0 saturated carbocycles. The van der Waals surface area contributed by atoms with E-state index in [9.17, 15) is 9.59 Å². The third-order valence-electron chi connectivity index (χ3n) is 5.67. The lowest BCUT2D eigenvalue weighted by Crippen LogP contribution is -3.12. The van der Waals surface area contributed by atoms with Gasteiger partial charge in [-0.1, -0.05) is 37.3 Å². The minimum Gasteiger partial charge on any atom is -0.331 e. The molecule has 0 bridgehead atoms. The Morgan fingerprint density at radius 3 is 2.61 bits per heavy atom. The van der Waals surface area contributed by atoms with Gasteiger partial charge in [-0.05, 0) is 25.6 Å². The molecule has 0 aromatic heterocycles. The number of piperidine rings is 1. The number of nitrogens with one attached hydrogen (secondary N) is 2. The Bertz CT molecular complexity index is 744. The van der Waals surface area contributed by atoms with Gasteiger partial charge in [-0.15, -0.1) is 0 Å². The number of quaternary nitrogens is 1. The highest BCUT2D eigenvalue weighted by atomic mass is 32.1. The Morgan fingerprint density at radius 1 is 1.29 bits per heavy atom. The highest BCUT2D eigenvalue weighted by molar-refractivity contribution is 7.80. The van der Waals surface area contributed by atoms with Crippen LogP contribution in [-0.2, 0) is 16.1 Å². The molecule has 2 heterocycles. The van der Waals surface area contributed by atoms with E-state index in [1.807, 2.05) is 19.9 Å². The molecule has 28 heavy (non-hydrogen) atoms. The number of hydrogen-bond acceptors (Lipinski definition) is 4. The summed E-state index contributed by atoms with van der Waals surface area (Å²) in [6, 6.07) is 10.7. The van der Waals surface area contributed by atoms with Gasteiger partial charge in [0.2, 0.25) is 11.8 Å². The predicted molar refractivity (Wildman–Crippen MR) is 113 cm³/mol. The van der Waals surface area contributed by atoms with Crippen molar-refractivity contribution in [1.82, 2.24) is 10.2 Å². The van der Waals surface area contributed by atoms with Gasteiger partial charge in [-0.2, -0.15) is 0 Å². The van der Waals surface area contributed by atoms with Crippen molar-refractivity contribution in [3.05, 3.63) is 35.9 Å². The average Bonchev–Trinajstić information content (AvgIpc) is 2.69. The van der Waals surface area contributed by atoms with Crippen molar-refractivity contribution in [3.8, 4) is 0 Å². The zero-order chi connectivity index (χ0) is 20.1. The minimum atomic E-state index is -0.879. The fourth-order valence-electron chi connectivity index (χ4n) is 3.77. The van der Waals surface area contributed by atoms with Crippen molar-refractivity contribution >= 4 is 35.4 Å². The van der Waals surface area contributed by atoms with Crippen LogP contribution in [0, 0.1) is 5.92 Å². The van der Waals surface area contributed by atoms with Gasteiger partial charge in [-0.3, -0.25) is 19.5 Å². The van der Waals surface area contributed by atoms with Crippen LogP contribution >= 0.6 is 12.2 Å². The monoisotopic (exact) mass is 401 g/mol. The number of carbonyl (C=O) groups is 2. The normalized spacial score (nSPS) is 27.1. The van der Waals surface area contributed by atoms with Crippen molar-refractivity contribution in [2.24, 2.45) is 10.9 Å². The number of carbonyl (C=O) groups excluding carboxylic acids is 2. The molecule has 2 aliphatic heterocycles. The number of thiocarbonyl (C=S) groups is 1. The third kappa shape index (κ3) is 4.83. The van der Waals surface area contributed by atoms with Crippen LogP contribution in [0.2, 0.25) is 0 Å². The average molecular weight is 402 g/mol. The maximum atomic E-state index is 12.8. The number of hydrogen-bond donors (Lipinski definition) is 2. The molecule has 0 spiro atoms. The molecule has 1 aromatic carbocycles. The summed E-state index contributed by atoms with van der Waals surface area (Å²) in [7, 11) is 0. The van der Waals surface area contributed by atoms with Gasteiger partial charge in [-0.25, -0.2) is 0 Å². The summed E-state index contributed by atoms with van der Waals surface area (Å²) in [6.07, 6.45) is 4.25. The van der Waals surface area contributed by atoms with Crippen LogP contribution in [0.25, 0.3) is 0 Å². The van der Waals surface area contributed by atoms with Crippen LogP contribution in [0.4, 0.5) is 0 Å². The molecule has 0 aliphatic carbocycles. The molecule has 6 nitrogen and oxygen atoms in total. The summed E-state index contributed by atoms with van der Waals surface area (Å²) >= 11 is 5.18. The lowest BCUT2D eigenvalue weighted by atomic mass is 10.0. The maximum Gasteiger partial charge on any atom is 0.247 e. The van der Waals surface area contributed by atoms with E-state index < -0.39 is 5.92 Å². The fraction of sp³-hybridized carbons (Fsp3) is 0.524. The summed E-state index contributed by atoms with van der Waals surface area (Å²) in [6.45, 7) is 7.05. The predicted octanol–water partition coefficient (Wildman–Crippen LogP) is 0.963. The van der Waals surface area contributed by atoms with Crippen molar-refractivity contribution in [3.63, 3.8) is 0 Å². The van der Waals surface area contributed by atoms with E-state index >= 15 is 0 Å². The Balaban J connectivity index is 1.55. The van der Waals surface area contributed by atoms with Crippen LogP contribution in [0.1, 0.15) is 38.7 Å². The number of nitrogens with zero attached hydrogens (tertiary/aromatic N) is 2. The van der Waals surface area contributed by atoms with Crippen LogP contribution in [0.5, 0.6) is 0 Å². The second kappa shape index (κ2) is 9.39. The van der Waals surface area contributed by atoms with E-state index in [4.69, 9.17) is 12.2 Å². The van der Waals surface area contributed by atoms with E-state index in [1.54, 1.807) is 11.1 Å². The lowest BCUT2D eigenvalue weighted by molar-refractivity contribution is -0.918. The Kier molecular flexibility index (Phi) is 6.91. The van der Waals surface area contributed by atoms with Gasteiger partial charge in [0.25, 0.3) is 0 Å². The van der Waals surface area contributed by atoms with Crippen LogP contribution in [0.3, 0.4) is 0 Å². The summed E-state index contributed by atoms with van der Waals surface area (Å²) in [5.74, 6) is -1.51. The molecule has 7 heteroatoms. The number of benzene rings is 1. The zero-order valence-corrected chi connectivity index (χ0v) is 17.4. The van der Waals surface area contributed by atoms with Gasteiger partial charge in [0.05, 0.1) is 19.1 Å². The second-order valence-corrected chi connectivity index (χ2v) is 8.07. The molecule has 2 amide bonds. The van der Waals surface area contributed by atoms with Gasteiger partial charge in [0.15, 0.2) is 11.0 Å². The van der Waals surface area contributed by atoms with Gasteiger partial charge in [0, 0.05) is 30.7 Å². The molecule has 150 valence electrons. The topological polar surface area (TPSA) is 66.2 Å². The van der Waals surface area contributed by atoms with Gasteiger partial charge in [0.1, 0.15) is 6.54 Å². The molecule has 2 atom stereocenters. The quantitative estimate of drug-likeness (QED) is 0.424.